The lowest BCUT2D eigenvalue weighted by Gasteiger charge is -2.13. The summed E-state index contributed by atoms with van der Waals surface area (Å²) in [6.45, 7) is 1.88. The topological polar surface area (TPSA) is 66.4 Å². The molecule has 0 saturated carbocycles. The van der Waals surface area contributed by atoms with Crippen molar-refractivity contribution < 1.29 is 14.7 Å². The van der Waals surface area contributed by atoms with Crippen LogP contribution >= 0.6 is 11.8 Å². The van der Waals surface area contributed by atoms with Gasteiger partial charge in [-0.05, 0) is 36.9 Å². The van der Waals surface area contributed by atoms with Crippen LogP contribution in [0.4, 0.5) is 0 Å². The molecule has 98 valence electrons. The van der Waals surface area contributed by atoms with Gasteiger partial charge in [0, 0.05) is 10.5 Å². The summed E-state index contributed by atoms with van der Waals surface area (Å²) in [5.74, 6) is -1.34. The summed E-state index contributed by atoms with van der Waals surface area (Å²) in [6, 6.07) is 6.27. The molecule has 0 spiro atoms. The zero-order chi connectivity index (χ0) is 13.5. The molecule has 0 bridgehead atoms. The number of rotatable bonds is 6. The van der Waals surface area contributed by atoms with Crippen LogP contribution in [0.15, 0.2) is 29.2 Å². The van der Waals surface area contributed by atoms with Gasteiger partial charge in [-0.2, -0.15) is 0 Å². The van der Waals surface area contributed by atoms with Crippen LogP contribution < -0.4 is 5.32 Å². The van der Waals surface area contributed by atoms with Gasteiger partial charge in [-0.1, -0.05) is 13.3 Å². The maximum atomic E-state index is 11.9. The Labute approximate surface area is 111 Å². The van der Waals surface area contributed by atoms with Gasteiger partial charge in [-0.15, -0.1) is 11.8 Å². The van der Waals surface area contributed by atoms with Gasteiger partial charge in [0.1, 0.15) is 6.04 Å². The standard InChI is InChI=1S/C13H17NO3S/c1-3-4-11(13(16)17)14-12(15)9-5-7-10(18-2)8-6-9/h5-8,11H,3-4H2,1-2H3,(H,14,15)(H,16,17). The maximum absolute atomic E-state index is 11.9. The van der Waals surface area contributed by atoms with Crippen LogP contribution in [0.1, 0.15) is 30.1 Å². The zero-order valence-corrected chi connectivity index (χ0v) is 11.3. The van der Waals surface area contributed by atoms with E-state index in [4.69, 9.17) is 5.11 Å². The minimum absolute atomic E-state index is 0.344. The highest BCUT2D eigenvalue weighted by molar-refractivity contribution is 7.98. The van der Waals surface area contributed by atoms with Crippen molar-refractivity contribution in [2.75, 3.05) is 6.26 Å². The first-order chi connectivity index (χ1) is 8.58. The monoisotopic (exact) mass is 267 g/mol. The van der Waals surface area contributed by atoms with Crippen LogP contribution in [0.2, 0.25) is 0 Å². The molecule has 2 N–H and O–H groups in total. The van der Waals surface area contributed by atoms with Crippen LogP contribution in [0, 0.1) is 0 Å². The summed E-state index contributed by atoms with van der Waals surface area (Å²) < 4.78 is 0. The average Bonchev–Trinajstić information content (AvgIpc) is 2.38. The van der Waals surface area contributed by atoms with Gasteiger partial charge >= 0.3 is 5.97 Å². The molecular formula is C13H17NO3S. The van der Waals surface area contributed by atoms with Crippen molar-refractivity contribution in [2.45, 2.75) is 30.7 Å². The van der Waals surface area contributed by atoms with Gasteiger partial charge in [-0.25, -0.2) is 4.79 Å². The van der Waals surface area contributed by atoms with Gasteiger partial charge in [0.2, 0.25) is 0 Å². The predicted molar refractivity (Wildman–Crippen MR) is 72.0 cm³/mol. The Morgan fingerprint density at radius 2 is 1.94 bits per heavy atom. The Bertz CT molecular complexity index is 417. The molecule has 1 amide bonds. The van der Waals surface area contributed by atoms with E-state index in [0.29, 0.717) is 18.4 Å². The van der Waals surface area contributed by atoms with Gasteiger partial charge in [0.05, 0.1) is 0 Å². The number of aliphatic carboxylic acids is 1. The molecule has 0 aliphatic heterocycles. The molecule has 5 heteroatoms. The number of carbonyl (C=O) groups excluding carboxylic acids is 1. The largest absolute Gasteiger partial charge is 0.480 e. The molecule has 0 aliphatic rings. The summed E-state index contributed by atoms with van der Waals surface area (Å²) in [5, 5.41) is 11.5. The molecule has 0 aliphatic carbocycles. The van der Waals surface area contributed by atoms with Crippen molar-refractivity contribution in [3.8, 4) is 0 Å². The number of carbonyl (C=O) groups is 2. The Balaban J connectivity index is 2.70. The van der Waals surface area contributed by atoms with E-state index in [0.717, 1.165) is 4.90 Å². The Kier molecular flexibility index (Phi) is 5.71. The highest BCUT2D eigenvalue weighted by atomic mass is 32.2. The van der Waals surface area contributed by atoms with E-state index in [-0.39, 0.29) is 5.91 Å². The first-order valence-corrected chi connectivity index (χ1v) is 6.98. The lowest BCUT2D eigenvalue weighted by molar-refractivity contribution is -0.139. The van der Waals surface area contributed by atoms with E-state index in [9.17, 15) is 9.59 Å². The first kappa shape index (κ1) is 14.6. The minimum Gasteiger partial charge on any atom is -0.480 e. The van der Waals surface area contributed by atoms with Crippen LogP contribution in [-0.2, 0) is 4.79 Å². The Morgan fingerprint density at radius 1 is 1.33 bits per heavy atom. The number of nitrogens with one attached hydrogen (secondary N) is 1. The Morgan fingerprint density at radius 3 is 2.39 bits per heavy atom. The SMILES string of the molecule is CCCC(NC(=O)c1ccc(SC)cc1)C(=O)O. The van der Waals surface area contributed by atoms with E-state index >= 15 is 0 Å². The third kappa shape index (κ3) is 4.07. The number of carboxylic acid groups (broad SMARTS) is 1. The van der Waals surface area contributed by atoms with Gasteiger partial charge in [0.25, 0.3) is 5.91 Å². The Hall–Kier alpha value is -1.49. The number of hydrogen-bond donors (Lipinski definition) is 2. The average molecular weight is 267 g/mol. The highest BCUT2D eigenvalue weighted by Crippen LogP contribution is 2.15. The third-order valence-corrected chi connectivity index (χ3v) is 3.28. The molecule has 18 heavy (non-hydrogen) atoms. The fraction of sp³-hybridized carbons (Fsp3) is 0.385. The molecule has 1 aromatic rings. The van der Waals surface area contributed by atoms with Crippen molar-refractivity contribution in [3.63, 3.8) is 0 Å². The molecule has 1 unspecified atom stereocenters. The summed E-state index contributed by atoms with van der Waals surface area (Å²) in [6.07, 6.45) is 3.10. The zero-order valence-electron chi connectivity index (χ0n) is 10.5. The van der Waals surface area contributed by atoms with Gasteiger partial charge < -0.3 is 10.4 Å². The number of amides is 1. The van der Waals surface area contributed by atoms with Crippen molar-refractivity contribution in [2.24, 2.45) is 0 Å². The van der Waals surface area contributed by atoms with Gasteiger partial charge in [-0.3, -0.25) is 4.79 Å². The van der Waals surface area contributed by atoms with E-state index < -0.39 is 12.0 Å². The van der Waals surface area contributed by atoms with E-state index in [1.54, 1.807) is 23.9 Å². The minimum atomic E-state index is -0.995. The fourth-order valence-electron chi connectivity index (χ4n) is 1.53. The van der Waals surface area contributed by atoms with Crippen molar-refractivity contribution >= 4 is 23.6 Å². The van der Waals surface area contributed by atoms with Crippen LogP contribution in [0.3, 0.4) is 0 Å². The molecule has 0 heterocycles. The second-order valence-electron chi connectivity index (χ2n) is 3.88. The summed E-state index contributed by atoms with van der Waals surface area (Å²) >= 11 is 1.59. The van der Waals surface area contributed by atoms with E-state index in [1.807, 2.05) is 25.3 Å². The molecule has 1 atom stereocenters. The molecule has 1 rings (SSSR count). The van der Waals surface area contributed by atoms with Crippen LogP contribution in [0.25, 0.3) is 0 Å². The number of thioether (sulfide) groups is 1. The summed E-state index contributed by atoms with van der Waals surface area (Å²) in [7, 11) is 0. The van der Waals surface area contributed by atoms with E-state index in [1.165, 1.54) is 0 Å². The predicted octanol–water partition coefficient (Wildman–Crippen LogP) is 2.39. The fourth-order valence-corrected chi connectivity index (χ4v) is 1.94. The smallest absolute Gasteiger partial charge is 0.326 e. The molecular weight excluding hydrogens is 250 g/mol. The second kappa shape index (κ2) is 7.06. The normalized spacial score (nSPS) is 11.9. The van der Waals surface area contributed by atoms with Crippen LogP contribution in [0.5, 0.6) is 0 Å². The van der Waals surface area contributed by atoms with Crippen molar-refractivity contribution in [1.29, 1.82) is 0 Å². The molecule has 0 radical (unpaired) electrons. The second-order valence-corrected chi connectivity index (χ2v) is 4.76. The number of carboxylic acids is 1. The number of benzene rings is 1. The molecule has 0 aromatic heterocycles. The maximum Gasteiger partial charge on any atom is 0.326 e. The van der Waals surface area contributed by atoms with Crippen LogP contribution in [-0.4, -0.2) is 29.3 Å². The molecule has 0 fully saturated rings. The molecule has 1 aromatic carbocycles. The summed E-state index contributed by atoms with van der Waals surface area (Å²) in [4.78, 5) is 23.9. The third-order valence-electron chi connectivity index (χ3n) is 2.53. The molecule has 0 saturated heterocycles. The highest BCUT2D eigenvalue weighted by Gasteiger charge is 2.19. The van der Waals surface area contributed by atoms with E-state index in [2.05, 4.69) is 5.32 Å². The molecule has 4 nitrogen and oxygen atoms in total. The number of hydrogen-bond acceptors (Lipinski definition) is 3. The van der Waals surface area contributed by atoms with Crippen molar-refractivity contribution in [3.05, 3.63) is 29.8 Å². The quantitative estimate of drug-likeness (QED) is 0.777. The van der Waals surface area contributed by atoms with Gasteiger partial charge in [0.15, 0.2) is 0 Å². The lowest BCUT2D eigenvalue weighted by Crippen LogP contribution is -2.40. The first-order valence-electron chi connectivity index (χ1n) is 5.76. The summed E-state index contributed by atoms with van der Waals surface area (Å²) in [5.41, 5.74) is 0.482. The lowest BCUT2D eigenvalue weighted by atomic mass is 10.1. The van der Waals surface area contributed by atoms with Crippen molar-refractivity contribution in [1.82, 2.24) is 5.32 Å².